The molecule has 67 heavy (non-hydrogen) atoms. The summed E-state index contributed by atoms with van der Waals surface area (Å²) in [5, 5.41) is 9.98. The lowest BCUT2D eigenvalue weighted by molar-refractivity contribution is 0.176. The first-order valence-electron chi connectivity index (χ1n) is 23.2. The molecule has 3 heterocycles. The maximum Gasteiger partial charge on any atom is 0.106 e. The number of anilines is 3. The van der Waals surface area contributed by atoms with Crippen LogP contribution in [0.3, 0.4) is 0 Å². The largest absolute Gasteiger partial charge is 0.366 e. The number of para-hydroxylation sites is 3. The Hall–Kier alpha value is -8.44. The standard InChI is InChI=1S/C63H46N4/c1-65-60(43-21-7-3-8-22-43)41-55(64-63(65)44-23-9-4-10-24-44)47-34-33-46-40-48(36-35-45(46)39-47)66-56-30-16-13-27-52(56)61-53-28-14-17-31-57(53)67(62(61)54-29-15-18-32-58(54)66)59-38-37-49(42-19-5-2-6-20-42)50-25-11-12-26-51(50)59/h2-41,60,63-64H,1H3. The van der Waals surface area contributed by atoms with Crippen molar-refractivity contribution in [2.24, 2.45) is 0 Å². The van der Waals surface area contributed by atoms with Gasteiger partial charge in [0, 0.05) is 38.8 Å². The highest BCUT2D eigenvalue weighted by molar-refractivity contribution is 6.14. The van der Waals surface area contributed by atoms with E-state index in [2.05, 4.69) is 269 Å². The Morgan fingerprint density at radius 2 is 1.01 bits per heavy atom. The average molecular weight is 859 g/mol. The number of nitrogens with one attached hydrogen (secondary N) is 1. The van der Waals surface area contributed by atoms with Gasteiger partial charge in [-0.2, -0.15) is 0 Å². The summed E-state index contributed by atoms with van der Waals surface area (Å²) in [5.74, 6) is 0. The maximum absolute atomic E-state index is 3.92. The van der Waals surface area contributed by atoms with Gasteiger partial charge in [0.2, 0.25) is 0 Å². The number of likely N-dealkylation sites (N-methyl/N-ethyl adjacent to an activating group) is 1. The van der Waals surface area contributed by atoms with Gasteiger partial charge in [0.25, 0.3) is 0 Å². The van der Waals surface area contributed by atoms with E-state index >= 15 is 0 Å². The molecule has 4 nitrogen and oxygen atoms in total. The minimum absolute atomic E-state index is 0.0122. The summed E-state index contributed by atoms with van der Waals surface area (Å²) in [7, 11) is 2.21. The summed E-state index contributed by atoms with van der Waals surface area (Å²) in [4.78, 5) is 4.90. The molecule has 0 fully saturated rings. The lowest BCUT2D eigenvalue weighted by atomic mass is 9.95. The first-order valence-corrected chi connectivity index (χ1v) is 23.2. The lowest BCUT2D eigenvalue weighted by Crippen LogP contribution is -2.41. The summed E-state index contributed by atoms with van der Waals surface area (Å²) in [6.45, 7) is 0. The van der Waals surface area contributed by atoms with Crippen LogP contribution in [0, 0.1) is 0 Å². The van der Waals surface area contributed by atoms with Crippen LogP contribution in [0.25, 0.3) is 77.3 Å². The van der Waals surface area contributed by atoms with E-state index in [1.165, 1.54) is 82.6 Å². The van der Waals surface area contributed by atoms with Crippen molar-refractivity contribution in [3.8, 4) is 39.2 Å². The quantitative estimate of drug-likeness (QED) is 0.180. The van der Waals surface area contributed by atoms with Gasteiger partial charge >= 0.3 is 0 Å². The summed E-state index contributed by atoms with van der Waals surface area (Å²) in [6.07, 6.45) is 2.39. The predicted molar refractivity (Wildman–Crippen MR) is 280 cm³/mol. The van der Waals surface area contributed by atoms with Crippen LogP contribution in [0.1, 0.15) is 28.9 Å². The molecule has 0 saturated carbocycles. The molecule has 0 saturated heterocycles. The summed E-state index contributed by atoms with van der Waals surface area (Å²) in [5.41, 5.74) is 17.8. The van der Waals surface area contributed by atoms with Gasteiger partial charge in [0.15, 0.2) is 0 Å². The Bertz CT molecular complexity index is 3700. The molecule has 0 spiro atoms. The van der Waals surface area contributed by atoms with E-state index in [-0.39, 0.29) is 12.2 Å². The fourth-order valence-corrected chi connectivity index (χ4v) is 10.9. The molecule has 2 aliphatic heterocycles. The lowest BCUT2D eigenvalue weighted by Gasteiger charge is -2.40. The molecule has 2 atom stereocenters. The molecular weight excluding hydrogens is 813 g/mol. The smallest absolute Gasteiger partial charge is 0.106 e. The van der Waals surface area contributed by atoms with Gasteiger partial charge in [0.1, 0.15) is 6.17 Å². The van der Waals surface area contributed by atoms with Crippen LogP contribution in [0.15, 0.2) is 243 Å². The van der Waals surface area contributed by atoms with E-state index in [0.717, 1.165) is 28.4 Å². The number of hydrogen-bond donors (Lipinski definition) is 1. The molecular formula is C63H46N4. The molecule has 2 unspecified atom stereocenters. The third-order valence-electron chi connectivity index (χ3n) is 14.0. The second kappa shape index (κ2) is 15.9. The number of benzene rings is 10. The number of rotatable bonds is 6. The average Bonchev–Trinajstić information content (AvgIpc) is 3.67. The van der Waals surface area contributed by atoms with Gasteiger partial charge in [0.05, 0.1) is 34.3 Å². The van der Waals surface area contributed by atoms with Crippen LogP contribution < -0.4 is 10.2 Å². The van der Waals surface area contributed by atoms with Gasteiger partial charge in [-0.05, 0) is 99.6 Å². The van der Waals surface area contributed by atoms with Crippen molar-refractivity contribution in [1.29, 1.82) is 0 Å². The van der Waals surface area contributed by atoms with E-state index in [0.29, 0.717) is 0 Å². The normalized spacial score (nSPS) is 15.7. The van der Waals surface area contributed by atoms with Crippen LogP contribution in [0.5, 0.6) is 0 Å². The van der Waals surface area contributed by atoms with Crippen LogP contribution in [-0.2, 0) is 0 Å². The zero-order valence-electron chi connectivity index (χ0n) is 37.1. The molecule has 0 bridgehead atoms. The Labute approximate surface area is 390 Å². The molecule has 10 aromatic carbocycles. The van der Waals surface area contributed by atoms with Crippen molar-refractivity contribution >= 4 is 55.2 Å². The van der Waals surface area contributed by atoms with Crippen molar-refractivity contribution < 1.29 is 0 Å². The SMILES string of the molecule is CN1C(c2ccccc2)C=C(c2ccc3cc(N4c5ccccc5-c5c(n(-c6ccc(-c7ccccc7)c7ccccc67)c6ccccc56)-c5ccccc54)ccc3c2)NC1c1ccccc1. The maximum atomic E-state index is 3.92. The van der Waals surface area contributed by atoms with E-state index in [1.54, 1.807) is 0 Å². The topological polar surface area (TPSA) is 23.4 Å². The monoisotopic (exact) mass is 858 g/mol. The molecule has 11 aromatic rings. The number of aromatic nitrogens is 1. The molecule has 1 N–H and O–H groups in total. The first kappa shape index (κ1) is 39.0. The van der Waals surface area contributed by atoms with Gasteiger partial charge in [-0.25, -0.2) is 0 Å². The number of nitrogens with zero attached hydrogens (tertiary/aromatic N) is 3. The Kier molecular flexibility index (Phi) is 9.26. The highest BCUT2D eigenvalue weighted by atomic mass is 15.3. The van der Waals surface area contributed by atoms with E-state index in [4.69, 9.17) is 0 Å². The number of fused-ring (bicyclic) bond motifs is 9. The first-order chi connectivity index (χ1) is 33.2. The molecule has 1 aromatic heterocycles. The molecule has 13 rings (SSSR count). The van der Waals surface area contributed by atoms with E-state index in [9.17, 15) is 0 Å². The molecule has 2 aliphatic rings. The van der Waals surface area contributed by atoms with Crippen LogP contribution in [-0.4, -0.2) is 16.5 Å². The molecule has 0 amide bonds. The highest BCUT2D eigenvalue weighted by Crippen LogP contribution is 2.55. The minimum Gasteiger partial charge on any atom is -0.366 e. The summed E-state index contributed by atoms with van der Waals surface area (Å²) < 4.78 is 2.53. The van der Waals surface area contributed by atoms with E-state index in [1.807, 2.05) is 0 Å². The number of hydrogen-bond acceptors (Lipinski definition) is 3. The van der Waals surface area contributed by atoms with Gasteiger partial charge < -0.3 is 14.8 Å². The van der Waals surface area contributed by atoms with Gasteiger partial charge in [-0.3, -0.25) is 4.90 Å². The second-order valence-electron chi connectivity index (χ2n) is 17.8. The predicted octanol–water partition coefficient (Wildman–Crippen LogP) is 16.0. The second-order valence-corrected chi connectivity index (χ2v) is 17.8. The van der Waals surface area contributed by atoms with Crippen molar-refractivity contribution in [3.63, 3.8) is 0 Å². The summed E-state index contributed by atoms with van der Waals surface area (Å²) in [6, 6.07) is 86.7. The Morgan fingerprint density at radius 3 is 1.79 bits per heavy atom. The molecule has 318 valence electrons. The zero-order chi connectivity index (χ0) is 44.4. The Morgan fingerprint density at radius 1 is 0.418 bits per heavy atom. The van der Waals surface area contributed by atoms with Crippen LogP contribution in [0.4, 0.5) is 17.1 Å². The van der Waals surface area contributed by atoms with Crippen molar-refractivity contribution in [2.45, 2.75) is 12.2 Å². The highest BCUT2D eigenvalue weighted by Gasteiger charge is 2.33. The van der Waals surface area contributed by atoms with Gasteiger partial charge in [-0.1, -0.05) is 194 Å². The van der Waals surface area contributed by atoms with Gasteiger partial charge in [-0.15, -0.1) is 0 Å². The third kappa shape index (κ3) is 6.40. The van der Waals surface area contributed by atoms with Crippen LogP contribution in [0.2, 0.25) is 0 Å². The minimum atomic E-state index is 0.0122. The third-order valence-corrected chi connectivity index (χ3v) is 14.0. The van der Waals surface area contributed by atoms with Crippen molar-refractivity contribution in [3.05, 3.63) is 259 Å². The fraction of sp³-hybridized carbons (Fsp3) is 0.0476. The van der Waals surface area contributed by atoms with Crippen molar-refractivity contribution in [1.82, 2.24) is 14.8 Å². The fourth-order valence-electron chi connectivity index (χ4n) is 10.9. The Balaban J connectivity index is 0.963. The van der Waals surface area contributed by atoms with E-state index < -0.39 is 0 Å². The molecule has 4 heteroatoms. The van der Waals surface area contributed by atoms with Crippen molar-refractivity contribution in [2.75, 3.05) is 11.9 Å². The molecule has 0 aliphatic carbocycles. The van der Waals surface area contributed by atoms with Crippen LogP contribution >= 0.6 is 0 Å². The molecule has 0 radical (unpaired) electrons. The summed E-state index contributed by atoms with van der Waals surface area (Å²) >= 11 is 0. The zero-order valence-corrected chi connectivity index (χ0v) is 37.1.